The van der Waals surface area contributed by atoms with E-state index < -0.39 is 21.2 Å². The largest absolute Gasteiger partial charge is 0.480 e. The molecule has 1 aliphatic heterocycles. The van der Waals surface area contributed by atoms with E-state index in [4.69, 9.17) is 5.11 Å². The molecule has 1 atom stereocenters. The van der Waals surface area contributed by atoms with Crippen LogP contribution >= 0.6 is 0 Å². The molecule has 112 valence electrons. The number of carbonyl (C=O) groups is 1. The lowest BCUT2D eigenvalue weighted by atomic mass is 10.1. The number of hydrogen-bond donors (Lipinski definition) is 2. The summed E-state index contributed by atoms with van der Waals surface area (Å²) in [5, 5.41) is 7.36. The molecule has 0 aromatic rings. The van der Waals surface area contributed by atoms with Crippen LogP contribution in [0.15, 0.2) is 0 Å². The predicted molar refractivity (Wildman–Crippen MR) is 73.5 cm³/mol. The van der Waals surface area contributed by atoms with Crippen molar-refractivity contribution in [3.8, 4) is 0 Å². The van der Waals surface area contributed by atoms with E-state index in [-0.39, 0.29) is 6.04 Å². The van der Waals surface area contributed by atoms with Gasteiger partial charge in [0.15, 0.2) is 5.25 Å². The first-order valence-electron chi connectivity index (χ1n) is 6.83. The third-order valence-corrected chi connectivity index (χ3v) is 5.35. The van der Waals surface area contributed by atoms with Crippen molar-refractivity contribution in [2.45, 2.75) is 50.8 Å². The Bertz CT molecular complexity index is 389. The summed E-state index contributed by atoms with van der Waals surface area (Å²) >= 11 is 0. The van der Waals surface area contributed by atoms with Crippen LogP contribution in [0, 0.1) is 0 Å². The van der Waals surface area contributed by atoms with E-state index in [1.165, 1.54) is 6.92 Å². The SMILES string of the molecule is CCCCN1CCC(NS(=O)(=O)C(C)C(=O)O)CC1. The Morgan fingerprint density at radius 1 is 1.42 bits per heavy atom. The molecule has 0 aliphatic carbocycles. The van der Waals surface area contributed by atoms with E-state index in [0.717, 1.165) is 45.3 Å². The zero-order valence-corrected chi connectivity index (χ0v) is 12.4. The second kappa shape index (κ2) is 7.21. The maximum Gasteiger partial charge on any atom is 0.323 e. The van der Waals surface area contributed by atoms with Crippen LogP contribution < -0.4 is 4.72 Å². The molecule has 0 bridgehead atoms. The molecule has 0 saturated carbocycles. The Hall–Kier alpha value is -0.660. The summed E-state index contributed by atoms with van der Waals surface area (Å²) in [5.74, 6) is -1.31. The number of carboxylic acids is 1. The van der Waals surface area contributed by atoms with Crippen molar-refractivity contribution in [1.82, 2.24) is 9.62 Å². The minimum absolute atomic E-state index is 0.135. The Morgan fingerprint density at radius 3 is 2.47 bits per heavy atom. The monoisotopic (exact) mass is 292 g/mol. The molecule has 19 heavy (non-hydrogen) atoms. The number of hydrogen-bond acceptors (Lipinski definition) is 4. The Labute approximate surface area is 115 Å². The lowest BCUT2D eigenvalue weighted by Crippen LogP contribution is -2.48. The topological polar surface area (TPSA) is 86.7 Å². The highest BCUT2D eigenvalue weighted by atomic mass is 32.2. The van der Waals surface area contributed by atoms with E-state index in [9.17, 15) is 13.2 Å². The normalized spacial score (nSPS) is 20.3. The minimum atomic E-state index is -3.76. The molecule has 6 nitrogen and oxygen atoms in total. The van der Waals surface area contributed by atoms with E-state index in [1.807, 2.05) is 0 Å². The first-order valence-corrected chi connectivity index (χ1v) is 8.37. The van der Waals surface area contributed by atoms with Gasteiger partial charge in [-0.1, -0.05) is 13.3 Å². The number of piperidine rings is 1. The van der Waals surface area contributed by atoms with Gasteiger partial charge < -0.3 is 10.0 Å². The molecule has 1 rings (SSSR count). The van der Waals surface area contributed by atoms with Crippen LogP contribution in [0.3, 0.4) is 0 Å². The van der Waals surface area contributed by atoms with E-state index in [1.54, 1.807) is 0 Å². The summed E-state index contributed by atoms with van der Waals surface area (Å²) in [7, 11) is -3.76. The fourth-order valence-corrected chi connectivity index (χ4v) is 3.29. The second-order valence-electron chi connectivity index (χ2n) is 5.11. The minimum Gasteiger partial charge on any atom is -0.480 e. The van der Waals surface area contributed by atoms with Crippen LogP contribution in [-0.2, 0) is 14.8 Å². The van der Waals surface area contributed by atoms with Crippen LogP contribution in [0.5, 0.6) is 0 Å². The maximum absolute atomic E-state index is 11.8. The standard InChI is InChI=1S/C12H24N2O4S/c1-3-4-7-14-8-5-11(6-9-14)13-19(17,18)10(2)12(15)16/h10-11,13H,3-9H2,1-2H3,(H,15,16). The number of carboxylic acid groups (broad SMARTS) is 1. The van der Waals surface area contributed by atoms with Gasteiger partial charge in [-0.05, 0) is 45.8 Å². The highest BCUT2D eigenvalue weighted by molar-refractivity contribution is 7.90. The summed E-state index contributed by atoms with van der Waals surface area (Å²) in [5.41, 5.74) is 0. The number of sulfonamides is 1. The number of nitrogens with one attached hydrogen (secondary N) is 1. The molecule has 0 aromatic heterocycles. The number of unbranched alkanes of at least 4 members (excludes halogenated alkanes) is 1. The van der Waals surface area contributed by atoms with Crippen LogP contribution in [0.4, 0.5) is 0 Å². The highest BCUT2D eigenvalue weighted by Gasteiger charge is 2.31. The first-order chi connectivity index (χ1) is 8.86. The van der Waals surface area contributed by atoms with E-state index >= 15 is 0 Å². The van der Waals surface area contributed by atoms with Gasteiger partial charge in [0.2, 0.25) is 10.0 Å². The third-order valence-electron chi connectivity index (χ3n) is 3.56. The fraction of sp³-hybridized carbons (Fsp3) is 0.917. The smallest absolute Gasteiger partial charge is 0.323 e. The number of nitrogens with zero attached hydrogens (tertiary/aromatic N) is 1. The summed E-state index contributed by atoms with van der Waals surface area (Å²) < 4.78 is 26.1. The van der Waals surface area contributed by atoms with Crippen molar-refractivity contribution >= 4 is 16.0 Å². The quantitative estimate of drug-likeness (QED) is 0.719. The Kier molecular flexibility index (Phi) is 6.22. The fourth-order valence-electron chi connectivity index (χ4n) is 2.12. The molecule has 2 N–H and O–H groups in total. The first kappa shape index (κ1) is 16.4. The van der Waals surface area contributed by atoms with Crippen molar-refractivity contribution in [2.24, 2.45) is 0 Å². The Morgan fingerprint density at radius 2 is 2.00 bits per heavy atom. The van der Waals surface area contributed by atoms with Gasteiger partial charge in [-0.3, -0.25) is 4.79 Å². The number of rotatable bonds is 7. The molecule has 1 unspecified atom stereocenters. The predicted octanol–water partition coefficient (Wildman–Crippen LogP) is 0.643. The second-order valence-corrected chi connectivity index (χ2v) is 7.15. The van der Waals surface area contributed by atoms with Gasteiger partial charge in [0.1, 0.15) is 0 Å². The van der Waals surface area contributed by atoms with Gasteiger partial charge in [-0.25, -0.2) is 13.1 Å². The maximum atomic E-state index is 11.8. The van der Waals surface area contributed by atoms with Crippen molar-refractivity contribution in [1.29, 1.82) is 0 Å². The highest BCUT2D eigenvalue weighted by Crippen LogP contribution is 2.13. The molecule has 1 aliphatic rings. The number of likely N-dealkylation sites (tertiary alicyclic amines) is 1. The van der Waals surface area contributed by atoms with Crippen LogP contribution in [-0.4, -0.2) is 55.3 Å². The van der Waals surface area contributed by atoms with E-state index in [2.05, 4.69) is 16.5 Å². The van der Waals surface area contributed by atoms with Crippen molar-refractivity contribution in [3.63, 3.8) is 0 Å². The van der Waals surface area contributed by atoms with Crippen molar-refractivity contribution in [3.05, 3.63) is 0 Å². The number of aliphatic carboxylic acids is 1. The zero-order valence-electron chi connectivity index (χ0n) is 11.6. The molecule has 1 saturated heterocycles. The van der Waals surface area contributed by atoms with Gasteiger partial charge in [-0.2, -0.15) is 0 Å². The molecular weight excluding hydrogens is 268 g/mol. The van der Waals surface area contributed by atoms with Crippen molar-refractivity contribution in [2.75, 3.05) is 19.6 Å². The summed E-state index contributed by atoms with van der Waals surface area (Å²) in [6.45, 7) is 6.14. The molecule has 0 amide bonds. The average molecular weight is 292 g/mol. The molecule has 1 heterocycles. The summed E-state index contributed by atoms with van der Waals surface area (Å²) in [4.78, 5) is 13.1. The van der Waals surface area contributed by atoms with Gasteiger partial charge >= 0.3 is 5.97 Å². The van der Waals surface area contributed by atoms with Crippen LogP contribution in [0.2, 0.25) is 0 Å². The molecule has 1 fully saturated rings. The van der Waals surface area contributed by atoms with Crippen molar-refractivity contribution < 1.29 is 18.3 Å². The molecular formula is C12H24N2O4S. The zero-order chi connectivity index (χ0) is 14.5. The summed E-state index contributed by atoms with van der Waals surface area (Å²) in [6.07, 6.45) is 3.81. The third kappa shape index (κ3) is 5.08. The van der Waals surface area contributed by atoms with Gasteiger partial charge in [0.05, 0.1) is 0 Å². The van der Waals surface area contributed by atoms with Gasteiger partial charge in [0, 0.05) is 6.04 Å². The molecule has 0 radical (unpaired) electrons. The molecule has 0 spiro atoms. The molecule has 0 aromatic carbocycles. The molecule has 7 heteroatoms. The Balaban J connectivity index is 2.42. The van der Waals surface area contributed by atoms with Crippen LogP contribution in [0.25, 0.3) is 0 Å². The lowest BCUT2D eigenvalue weighted by Gasteiger charge is -2.32. The summed E-state index contributed by atoms with van der Waals surface area (Å²) in [6, 6.07) is -0.135. The average Bonchev–Trinajstić information content (AvgIpc) is 2.36. The van der Waals surface area contributed by atoms with Crippen LogP contribution in [0.1, 0.15) is 39.5 Å². The van der Waals surface area contributed by atoms with Gasteiger partial charge in [0.25, 0.3) is 0 Å². The lowest BCUT2D eigenvalue weighted by molar-refractivity contribution is -0.136. The van der Waals surface area contributed by atoms with E-state index in [0.29, 0.717) is 0 Å². The van der Waals surface area contributed by atoms with Gasteiger partial charge in [-0.15, -0.1) is 0 Å².